The minimum Gasteiger partial charge on any atom is -0.454 e. The summed E-state index contributed by atoms with van der Waals surface area (Å²) in [5.41, 5.74) is 1.47. The van der Waals surface area contributed by atoms with Gasteiger partial charge in [-0.1, -0.05) is 44.2 Å². The topological polar surface area (TPSA) is 105 Å². The molecule has 8 heteroatoms. The molecule has 0 spiro atoms. The van der Waals surface area contributed by atoms with Gasteiger partial charge in [-0.3, -0.25) is 19.3 Å². The third-order valence-electron chi connectivity index (χ3n) is 4.65. The van der Waals surface area contributed by atoms with Crippen LogP contribution >= 0.6 is 0 Å². The summed E-state index contributed by atoms with van der Waals surface area (Å²) in [4.78, 5) is 50.7. The molecule has 1 heterocycles. The van der Waals surface area contributed by atoms with Crippen molar-refractivity contribution in [2.24, 2.45) is 5.92 Å². The number of carbonyl (C=O) groups excluding carboxylic acids is 4. The van der Waals surface area contributed by atoms with Gasteiger partial charge >= 0.3 is 5.97 Å². The standard InChI is InChI=1S/C22H23N3O5/c1-14(2)20(24-21(28)15-8-4-3-5-9-15)22(29)30-13-19(27)25-12-18(26)23-16-10-6-7-11-17(16)25/h3-11,14,20H,12-13H2,1-2H3,(H,23,26)(H,24,28)/t20-/m0/s1. The van der Waals surface area contributed by atoms with E-state index in [-0.39, 0.29) is 18.4 Å². The lowest BCUT2D eigenvalue weighted by Gasteiger charge is -2.29. The Morgan fingerprint density at radius 1 is 1.07 bits per heavy atom. The van der Waals surface area contributed by atoms with Crippen LogP contribution in [0.4, 0.5) is 11.4 Å². The molecule has 3 rings (SSSR count). The third kappa shape index (κ3) is 4.83. The molecule has 30 heavy (non-hydrogen) atoms. The van der Waals surface area contributed by atoms with Crippen molar-refractivity contribution in [3.05, 3.63) is 60.2 Å². The molecular weight excluding hydrogens is 386 g/mol. The normalized spacial score (nSPS) is 13.8. The Morgan fingerprint density at radius 3 is 2.43 bits per heavy atom. The number of nitrogens with one attached hydrogen (secondary N) is 2. The number of para-hydroxylation sites is 2. The lowest BCUT2D eigenvalue weighted by molar-refractivity contribution is -0.150. The van der Waals surface area contributed by atoms with Crippen molar-refractivity contribution in [1.29, 1.82) is 0 Å². The zero-order chi connectivity index (χ0) is 21.7. The number of esters is 1. The molecule has 1 aliphatic heterocycles. The van der Waals surface area contributed by atoms with E-state index in [0.29, 0.717) is 16.9 Å². The SMILES string of the molecule is CC(C)[C@H](NC(=O)c1ccccc1)C(=O)OCC(=O)N1CC(=O)Nc2ccccc21. The Kier molecular flexibility index (Phi) is 6.46. The number of hydrogen-bond donors (Lipinski definition) is 2. The van der Waals surface area contributed by atoms with Crippen molar-refractivity contribution < 1.29 is 23.9 Å². The summed E-state index contributed by atoms with van der Waals surface area (Å²) < 4.78 is 5.19. The molecule has 2 aromatic carbocycles. The summed E-state index contributed by atoms with van der Waals surface area (Å²) in [6, 6.07) is 14.5. The predicted molar refractivity (Wildman–Crippen MR) is 111 cm³/mol. The fourth-order valence-corrected chi connectivity index (χ4v) is 3.07. The van der Waals surface area contributed by atoms with Gasteiger partial charge in [0.15, 0.2) is 6.61 Å². The van der Waals surface area contributed by atoms with Gasteiger partial charge in [0.05, 0.1) is 11.4 Å². The molecule has 0 unspecified atom stereocenters. The quantitative estimate of drug-likeness (QED) is 0.710. The van der Waals surface area contributed by atoms with Gasteiger partial charge in [0, 0.05) is 5.56 Å². The summed E-state index contributed by atoms with van der Waals surface area (Å²) in [6.45, 7) is 2.84. The maximum atomic E-state index is 12.6. The highest BCUT2D eigenvalue weighted by Crippen LogP contribution is 2.28. The van der Waals surface area contributed by atoms with Gasteiger partial charge in [0.2, 0.25) is 5.91 Å². The zero-order valence-electron chi connectivity index (χ0n) is 16.8. The molecule has 0 fully saturated rings. The first-order chi connectivity index (χ1) is 14.4. The zero-order valence-corrected chi connectivity index (χ0v) is 16.8. The van der Waals surface area contributed by atoms with Crippen molar-refractivity contribution in [1.82, 2.24) is 5.32 Å². The van der Waals surface area contributed by atoms with Gasteiger partial charge in [0.1, 0.15) is 12.6 Å². The van der Waals surface area contributed by atoms with Crippen molar-refractivity contribution in [2.45, 2.75) is 19.9 Å². The Morgan fingerprint density at radius 2 is 1.73 bits per heavy atom. The molecule has 0 saturated heterocycles. The van der Waals surface area contributed by atoms with Crippen LogP contribution in [0.15, 0.2) is 54.6 Å². The van der Waals surface area contributed by atoms with Crippen molar-refractivity contribution in [2.75, 3.05) is 23.4 Å². The van der Waals surface area contributed by atoms with Crippen molar-refractivity contribution >= 4 is 35.1 Å². The van der Waals surface area contributed by atoms with Crippen LogP contribution in [-0.4, -0.2) is 42.9 Å². The average molecular weight is 409 g/mol. The number of rotatable bonds is 6. The Labute approximate surface area is 174 Å². The number of benzene rings is 2. The molecule has 0 aromatic heterocycles. The fraction of sp³-hybridized carbons (Fsp3) is 0.273. The number of nitrogens with zero attached hydrogens (tertiary/aromatic N) is 1. The van der Waals surface area contributed by atoms with Gasteiger partial charge < -0.3 is 15.4 Å². The highest BCUT2D eigenvalue weighted by molar-refractivity contribution is 6.10. The summed E-state index contributed by atoms with van der Waals surface area (Å²) in [5, 5.41) is 5.35. The van der Waals surface area contributed by atoms with E-state index in [2.05, 4.69) is 10.6 Å². The van der Waals surface area contributed by atoms with Crippen LogP contribution in [0.5, 0.6) is 0 Å². The predicted octanol–water partition coefficient (Wildman–Crippen LogP) is 1.97. The summed E-state index contributed by atoms with van der Waals surface area (Å²) in [6.07, 6.45) is 0. The van der Waals surface area contributed by atoms with Crippen LogP contribution in [0.3, 0.4) is 0 Å². The lowest BCUT2D eigenvalue weighted by atomic mass is 10.0. The maximum absolute atomic E-state index is 12.6. The molecular formula is C22H23N3O5. The second kappa shape index (κ2) is 9.21. The summed E-state index contributed by atoms with van der Waals surface area (Å²) in [5.74, 6) is -2.22. The van der Waals surface area contributed by atoms with E-state index in [0.717, 1.165) is 0 Å². The van der Waals surface area contributed by atoms with E-state index < -0.39 is 30.4 Å². The van der Waals surface area contributed by atoms with E-state index in [9.17, 15) is 19.2 Å². The molecule has 2 aromatic rings. The number of amides is 3. The van der Waals surface area contributed by atoms with E-state index in [4.69, 9.17) is 4.74 Å². The maximum Gasteiger partial charge on any atom is 0.329 e. The summed E-state index contributed by atoms with van der Waals surface area (Å²) >= 11 is 0. The fourth-order valence-electron chi connectivity index (χ4n) is 3.07. The van der Waals surface area contributed by atoms with Crippen LogP contribution in [0.2, 0.25) is 0 Å². The van der Waals surface area contributed by atoms with Crippen molar-refractivity contribution in [3.63, 3.8) is 0 Å². The number of hydrogen-bond acceptors (Lipinski definition) is 5. The van der Waals surface area contributed by atoms with Gasteiger partial charge in [0.25, 0.3) is 11.8 Å². The highest BCUT2D eigenvalue weighted by atomic mass is 16.5. The molecule has 3 amide bonds. The smallest absolute Gasteiger partial charge is 0.329 e. The molecule has 1 aliphatic rings. The van der Waals surface area contributed by atoms with E-state index >= 15 is 0 Å². The number of fused-ring (bicyclic) bond motifs is 1. The van der Waals surface area contributed by atoms with Crippen LogP contribution in [0.1, 0.15) is 24.2 Å². The lowest BCUT2D eigenvalue weighted by Crippen LogP contribution is -2.47. The van der Waals surface area contributed by atoms with E-state index in [1.807, 2.05) is 0 Å². The number of carbonyl (C=O) groups is 4. The van der Waals surface area contributed by atoms with Crippen LogP contribution in [-0.2, 0) is 19.1 Å². The van der Waals surface area contributed by atoms with Gasteiger partial charge in [-0.15, -0.1) is 0 Å². The largest absolute Gasteiger partial charge is 0.454 e. The van der Waals surface area contributed by atoms with Crippen LogP contribution in [0.25, 0.3) is 0 Å². The molecule has 0 bridgehead atoms. The minimum atomic E-state index is -0.914. The van der Waals surface area contributed by atoms with E-state index in [1.54, 1.807) is 68.4 Å². The van der Waals surface area contributed by atoms with Gasteiger partial charge in [-0.2, -0.15) is 0 Å². The second-order valence-electron chi connectivity index (χ2n) is 7.21. The average Bonchev–Trinajstić information content (AvgIpc) is 2.75. The molecule has 0 radical (unpaired) electrons. The number of ether oxygens (including phenoxy) is 1. The molecule has 2 N–H and O–H groups in total. The monoisotopic (exact) mass is 409 g/mol. The first-order valence-electron chi connectivity index (χ1n) is 9.58. The van der Waals surface area contributed by atoms with E-state index in [1.165, 1.54) is 4.90 Å². The van der Waals surface area contributed by atoms with Crippen LogP contribution in [0, 0.1) is 5.92 Å². The molecule has 0 saturated carbocycles. The molecule has 0 aliphatic carbocycles. The van der Waals surface area contributed by atoms with Crippen LogP contribution < -0.4 is 15.5 Å². The third-order valence-corrected chi connectivity index (χ3v) is 4.65. The second-order valence-corrected chi connectivity index (χ2v) is 7.21. The Balaban J connectivity index is 1.64. The summed E-state index contributed by atoms with van der Waals surface area (Å²) in [7, 11) is 0. The minimum absolute atomic E-state index is 0.161. The van der Waals surface area contributed by atoms with Gasteiger partial charge in [-0.05, 0) is 30.2 Å². The molecule has 8 nitrogen and oxygen atoms in total. The first kappa shape index (κ1) is 21.0. The van der Waals surface area contributed by atoms with Gasteiger partial charge in [-0.25, -0.2) is 4.79 Å². The molecule has 1 atom stereocenters. The Bertz CT molecular complexity index is 958. The first-order valence-corrected chi connectivity index (χ1v) is 9.58. The Hall–Kier alpha value is -3.68. The molecule has 156 valence electrons. The highest BCUT2D eigenvalue weighted by Gasteiger charge is 2.30. The van der Waals surface area contributed by atoms with Crippen molar-refractivity contribution in [3.8, 4) is 0 Å². The number of anilines is 2.